The highest BCUT2D eigenvalue weighted by Gasteiger charge is 2.66. The minimum Gasteiger partial charge on any atom is -0.383 e. The van der Waals surface area contributed by atoms with Crippen molar-refractivity contribution in [1.29, 1.82) is 5.26 Å². The zero-order valence-corrected chi connectivity index (χ0v) is 25.7. The number of anilines is 2. The molecule has 45 heavy (non-hydrogen) atoms. The molecule has 1 aliphatic carbocycles. The fourth-order valence-electron chi connectivity index (χ4n) is 5.37. The van der Waals surface area contributed by atoms with Crippen molar-refractivity contribution in [3.63, 3.8) is 0 Å². The molecule has 2 N–H and O–H groups in total. The van der Waals surface area contributed by atoms with Crippen LogP contribution >= 0.6 is 11.6 Å². The summed E-state index contributed by atoms with van der Waals surface area (Å²) in [6.45, 7) is 8.71. The summed E-state index contributed by atoms with van der Waals surface area (Å²) in [7, 11) is 0. The van der Waals surface area contributed by atoms with E-state index in [1.165, 1.54) is 12.4 Å². The summed E-state index contributed by atoms with van der Waals surface area (Å²) >= 11 is 6.75. The first-order chi connectivity index (χ1) is 21.3. The number of hydrogen-bond acceptors (Lipinski definition) is 8. The fraction of sp³-hybridized carbons (Fsp3) is 0.355. The van der Waals surface area contributed by atoms with Crippen LogP contribution in [0.1, 0.15) is 62.0 Å². The van der Waals surface area contributed by atoms with E-state index in [9.17, 15) is 18.4 Å². The summed E-state index contributed by atoms with van der Waals surface area (Å²) in [6, 6.07) is 10.6. The Morgan fingerprint density at radius 2 is 1.93 bits per heavy atom. The average molecular weight is 635 g/mol. The SMILES string of the molecule is Cc1c([C@H](Nc2cc(Cl)c3ncc(C#N)c(NCC(C)(C)C)c3c2)c2cn(C3(C(F)(F)F)CC3)nn2)cccc1-n1ccnn1. The lowest BCUT2D eigenvalue weighted by atomic mass is 9.96. The molecule has 0 saturated heterocycles. The van der Waals surface area contributed by atoms with Crippen LogP contribution in [0.5, 0.6) is 0 Å². The molecule has 0 radical (unpaired) electrons. The first kappa shape index (κ1) is 30.3. The van der Waals surface area contributed by atoms with E-state index in [1.54, 1.807) is 23.1 Å². The molecule has 1 atom stereocenters. The van der Waals surface area contributed by atoms with Gasteiger partial charge >= 0.3 is 6.18 Å². The lowest BCUT2D eigenvalue weighted by molar-refractivity contribution is -0.182. The van der Waals surface area contributed by atoms with Crippen LogP contribution in [-0.4, -0.2) is 47.7 Å². The van der Waals surface area contributed by atoms with Crippen molar-refractivity contribution < 1.29 is 13.2 Å². The molecule has 10 nitrogen and oxygen atoms in total. The topological polar surface area (TPSA) is 122 Å². The van der Waals surface area contributed by atoms with Crippen LogP contribution in [0.2, 0.25) is 5.02 Å². The van der Waals surface area contributed by atoms with Gasteiger partial charge in [0.25, 0.3) is 0 Å². The van der Waals surface area contributed by atoms with Gasteiger partial charge in [-0.05, 0) is 54.5 Å². The zero-order chi connectivity index (χ0) is 32.1. The van der Waals surface area contributed by atoms with E-state index in [0.717, 1.165) is 21.5 Å². The summed E-state index contributed by atoms with van der Waals surface area (Å²) in [6.07, 6.45) is 1.53. The first-order valence-electron chi connectivity index (χ1n) is 14.3. The summed E-state index contributed by atoms with van der Waals surface area (Å²) in [5.74, 6) is 0. The number of pyridine rings is 1. The maximum absolute atomic E-state index is 14.0. The van der Waals surface area contributed by atoms with Gasteiger partial charge in [-0.15, -0.1) is 10.2 Å². The average Bonchev–Trinajstić information content (AvgIpc) is 3.38. The van der Waals surface area contributed by atoms with Gasteiger partial charge in [0.2, 0.25) is 0 Å². The van der Waals surface area contributed by atoms with Gasteiger partial charge in [0, 0.05) is 23.8 Å². The van der Waals surface area contributed by atoms with Gasteiger partial charge in [-0.2, -0.15) is 18.4 Å². The number of nitrogens with zero attached hydrogens (tertiary/aromatic N) is 8. The third-order valence-corrected chi connectivity index (χ3v) is 8.26. The van der Waals surface area contributed by atoms with E-state index in [-0.39, 0.29) is 24.0 Å². The molecule has 0 unspecified atom stereocenters. The highest BCUT2D eigenvalue weighted by molar-refractivity contribution is 6.35. The molecule has 1 aliphatic rings. The summed E-state index contributed by atoms with van der Waals surface area (Å²) in [5.41, 5.74) is 2.43. The van der Waals surface area contributed by atoms with Crippen LogP contribution in [0.25, 0.3) is 16.6 Å². The minimum atomic E-state index is -4.46. The molecule has 0 bridgehead atoms. The Balaban J connectivity index is 1.48. The van der Waals surface area contributed by atoms with E-state index >= 15 is 0 Å². The minimum absolute atomic E-state index is 0.0585. The number of nitrogens with one attached hydrogen (secondary N) is 2. The number of nitriles is 1. The summed E-state index contributed by atoms with van der Waals surface area (Å²) in [5, 5.41) is 33.9. The van der Waals surface area contributed by atoms with E-state index in [4.69, 9.17) is 11.6 Å². The summed E-state index contributed by atoms with van der Waals surface area (Å²) in [4.78, 5) is 4.44. The maximum Gasteiger partial charge on any atom is 0.413 e. The summed E-state index contributed by atoms with van der Waals surface area (Å²) < 4.78 is 44.5. The number of benzene rings is 2. The molecular formula is C31H30ClF3N10. The van der Waals surface area contributed by atoms with Gasteiger partial charge in [0.05, 0.1) is 52.1 Å². The van der Waals surface area contributed by atoms with Crippen LogP contribution in [-0.2, 0) is 5.54 Å². The molecule has 1 saturated carbocycles. The molecule has 2 aromatic carbocycles. The number of hydrogen-bond donors (Lipinski definition) is 2. The largest absolute Gasteiger partial charge is 0.413 e. The number of rotatable bonds is 8. The molecule has 232 valence electrons. The first-order valence-corrected chi connectivity index (χ1v) is 14.7. The van der Waals surface area contributed by atoms with E-state index < -0.39 is 17.8 Å². The Bertz CT molecular complexity index is 1920. The molecule has 0 spiro atoms. The van der Waals surface area contributed by atoms with Gasteiger partial charge in [0.1, 0.15) is 11.8 Å². The lowest BCUT2D eigenvalue weighted by Gasteiger charge is -2.24. The van der Waals surface area contributed by atoms with Crippen LogP contribution in [0.15, 0.2) is 55.1 Å². The van der Waals surface area contributed by atoms with Crippen LogP contribution < -0.4 is 10.6 Å². The molecule has 3 heterocycles. The van der Waals surface area contributed by atoms with E-state index in [2.05, 4.69) is 63.1 Å². The van der Waals surface area contributed by atoms with Gasteiger partial charge in [0.15, 0.2) is 5.54 Å². The molecule has 3 aromatic heterocycles. The molecule has 5 aromatic rings. The second-order valence-electron chi connectivity index (χ2n) is 12.5. The smallest absolute Gasteiger partial charge is 0.383 e. The Hall–Kier alpha value is -4.70. The van der Waals surface area contributed by atoms with Crippen molar-refractivity contribution in [3.05, 3.63) is 82.5 Å². The van der Waals surface area contributed by atoms with Gasteiger partial charge in [-0.1, -0.05) is 54.9 Å². The number of aromatic nitrogens is 7. The monoisotopic (exact) mass is 634 g/mol. The lowest BCUT2D eigenvalue weighted by Crippen LogP contribution is -2.35. The molecular weight excluding hydrogens is 605 g/mol. The zero-order valence-electron chi connectivity index (χ0n) is 25.0. The van der Waals surface area contributed by atoms with Crippen molar-refractivity contribution >= 4 is 33.9 Å². The number of alkyl halides is 3. The van der Waals surface area contributed by atoms with Crippen LogP contribution in [0, 0.1) is 23.7 Å². The standard InChI is InChI=1S/C31H30ClF3N10/c1-18-21(6-5-7-25(18)44-11-10-39-42-44)28(24-16-45(43-41-24)30(8-9-30)31(33,34)35)40-20-12-22-26(38-17-29(2,3)4)19(14-36)15-37-27(22)23(32)13-20/h5-7,10-13,15-16,28,40H,8-9,17H2,1-4H3,(H,37,38)/t28-/m0/s1. The quantitative estimate of drug-likeness (QED) is 0.188. The number of halogens is 4. The predicted octanol–water partition coefficient (Wildman–Crippen LogP) is 6.95. The Labute approximate surface area is 262 Å². The predicted molar refractivity (Wildman–Crippen MR) is 164 cm³/mol. The van der Waals surface area contributed by atoms with Crippen molar-refractivity contribution in [2.24, 2.45) is 5.41 Å². The van der Waals surface area contributed by atoms with E-state index in [0.29, 0.717) is 39.4 Å². The van der Waals surface area contributed by atoms with Crippen molar-refractivity contribution in [1.82, 2.24) is 35.0 Å². The van der Waals surface area contributed by atoms with Gasteiger partial charge in [-0.25, -0.2) is 9.36 Å². The molecule has 6 rings (SSSR count). The third-order valence-electron chi connectivity index (χ3n) is 7.98. The molecule has 1 fully saturated rings. The molecule has 0 amide bonds. The Morgan fingerprint density at radius 3 is 2.58 bits per heavy atom. The van der Waals surface area contributed by atoms with Gasteiger partial charge < -0.3 is 10.6 Å². The second kappa shape index (κ2) is 11.0. The molecule has 0 aliphatic heterocycles. The maximum atomic E-state index is 14.0. The fourth-order valence-corrected chi connectivity index (χ4v) is 5.63. The molecule has 14 heteroatoms. The highest BCUT2D eigenvalue weighted by Crippen LogP contribution is 2.55. The second-order valence-corrected chi connectivity index (χ2v) is 12.9. The van der Waals surface area contributed by atoms with Gasteiger partial charge in [-0.3, -0.25) is 4.98 Å². The van der Waals surface area contributed by atoms with Crippen molar-refractivity contribution in [3.8, 4) is 11.8 Å². The van der Waals surface area contributed by atoms with E-state index in [1.807, 2.05) is 31.2 Å². The number of fused-ring (bicyclic) bond motifs is 1. The van der Waals surface area contributed by atoms with Crippen molar-refractivity contribution in [2.45, 2.75) is 58.3 Å². The highest BCUT2D eigenvalue weighted by atomic mass is 35.5. The third kappa shape index (κ3) is 5.66. The normalized spacial score (nSPS) is 15.1. The Morgan fingerprint density at radius 1 is 1.16 bits per heavy atom. The van der Waals surface area contributed by atoms with Crippen LogP contribution in [0.3, 0.4) is 0 Å². The van der Waals surface area contributed by atoms with Crippen molar-refractivity contribution in [2.75, 3.05) is 17.2 Å². The van der Waals surface area contributed by atoms with Crippen LogP contribution in [0.4, 0.5) is 24.5 Å². The Kier molecular flexibility index (Phi) is 7.43.